The number of benzene rings is 2. The third kappa shape index (κ3) is 3.01. The van der Waals surface area contributed by atoms with Crippen LogP contribution in [0.15, 0.2) is 67.3 Å². The molecule has 6 heteroatoms. The molecular formula is C19H17N5O. The highest BCUT2D eigenvalue weighted by Crippen LogP contribution is 2.28. The minimum absolute atomic E-state index is 0.654. The number of nitrogens with zero attached hydrogens (tertiary/aromatic N) is 4. The lowest BCUT2D eigenvalue weighted by Gasteiger charge is -2.10. The van der Waals surface area contributed by atoms with Gasteiger partial charge in [-0.25, -0.2) is 15.0 Å². The van der Waals surface area contributed by atoms with Gasteiger partial charge in [-0.1, -0.05) is 42.5 Å². The molecule has 2 aromatic heterocycles. The van der Waals surface area contributed by atoms with Crippen molar-refractivity contribution in [2.75, 3.05) is 12.4 Å². The molecule has 0 aliphatic carbocycles. The summed E-state index contributed by atoms with van der Waals surface area (Å²) in [5.41, 5.74) is 3.54. The van der Waals surface area contributed by atoms with E-state index in [4.69, 9.17) is 4.74 Å². The Bertz CT molecular complexity index is 997. The summed E-state index contributed by atoms with van der Waals surface area (Å²) in [5, 5.41) is 3.29. The van der Waals surface area contributed by atoms with Gasteiger partial charge in [0.15, 0.2) is 17.0 Å². The van der Waals surface area contributed by atoms with Gasteiger partial charge in [0, 0.05) is 0 Å². The van der Waals surface area contributed by atoms with Crippen LogP contribution in [0.2, 0.25) is 0 Å². The van der Waals surface area contributed by atoms with E-state index in [2.05, 4.69) is 32.4 Å². The van der Waals surface area contributed by atoms with Crippen molar-refractivity contribution in [2.24, 2.45) is 0 Å². The Balaban J connectivity index is 1.69. The zero-order chi connectivity index (χ0) is 17.1. The van der Waals surface area contributed by atoms with Crippen molar-refractivity contribution in [2.45, 2.75) is 6.54 Å². The summed E-state index contributed by atoms with van der Waals surface area (Å²) in [4.78, 5) is 13.2. The lowest BCUT2D eigenvalue weighted by atomic mass is 10.2. The zero-order valence-corrected chi connectivity index (χ0v) is 13.8. The maximum atomic E-state index is 5.38. The van der Waals surface area contributed by atoms with Gasteiger partial charge in [0.05, 0.1) is 25.7 Å². The molecule has 2 aromatic carbocycles. The number of anilines is 2. The van der Waals surface area contributed by atoms with Crippen LogP contribution >= 0.6 is 0 Å². The maximum absolute atomic E-state index is 5.38. The van der Waals surface area contributed by atoms with Crippen LogP contribution < -0.4 is 10.1 Å². The van der Waals surface area contributed by atoms with E-state index in [9.17, 15) is 0 Å². The minimum atomic E-state index is 0.654. The number of ether oxygens (including phenoxy) is 1. The van der Waals surface area contributed by atoms with Gasteiger partial charge in [-0.2, -0.15) is 0 Å². The van der Waals surface area contributed by atoms with E-state index < -0.39 is 0 Å². The monoisotopic (exact) mass is 331 g/mol. The van der Waals surface area contributed by atoms with E-state index >= 15 is 0 Å². The average molecular weight is 331 g/mol. The largest absolute Gasteiger partial charge is 0.495 e. The van der Waals surface area contributed by atoms with E-state index in [0.717, 1.165) is 22.6 Å². The highest BCUT2D eigenvalue weighted by atomic mass is 16.5. The second-order valence-corrected chi connectivity index (χ2v) is 5.58. The number of methoxy groups -OCH3 is 1. The second kappa shape index (κ2) is 6.60. The van der Waals surface area contributed by atoms with Crippen molar-refractivity contribution in [1.29, 1.82) is 0 Å². The van der Waals surface area contributed by atoms with E-state index in [1.54, 1.807) is 19.8 Å². The van der Waals surface area contributed by atoms with Crippen LogP contribution in [0.1, 0.15) is 5.56 Å². The summed E-state index contributed by atoms with van der Waals surface area (Å²) >= 11 is 0. The van der Waals surface area contributed by atoms with Crippen molar-refractivity contribution in [3.05, 3.63) is 72.8 Å². The molecule has 25 heavy (non-hydrogen) atoms. The van der Waals surface area contributed by atoms with E-state index in [1.807, 2.05) is 47.0 Å². The minimum Gasteiger partial charge on any atom is -0.495 e. The summed E-state index contributed by atoms with van der Waals surface area (Å²) in [6, 6.07) is 17.9. The van der Waals surface area contributed by atoms with Gasteiger partial charge >= 0.3 is 0 Å². The first-order chi connectivity index (χ1) is 12.3. The Kier molecular flexibility index (Phi) is 4.00. The molecule has 0 aliphatic heterocycles. The first-order valence-corrected chi connectivity index (χ1v) is 7.95. The van der Waals surface area contributed by atoms with Gasteiger partial charge in [-0.05, 0) is 17.7 Å². The highest BCUT2D eigenvalue weighted by Gasteiger charge is 2.12. The fourth-order valence-corrected chi connectivity index (χ4v) is 2.74. The fraction of sp³-hybridized carbons (Fsp3) is 0.105. The number of hydrogen-bond acceptors (Lipinski definition) is 5. The van der Waals surface area contributed by atoms with Crippen LogP contribution in [0.5, 0.6) is 5.75 Å². The fourth-order valence-electron chi connectivity index (χ4n) is 2.74. The molecule has 0 saturated carbocycles. The zero-order valence-electron chi connectivity index (χ0n) is 13.8. The van der Waals surface area contributed by atoms with E-state index in [1.165, 1.54) is 5.56 Å². The molecule has 4 rings (SSSR count). The summed E-state index contributed by atoms with van der Waals surface area (Å²) in [5.74, 6) is 1.40. The van der Waals surface area contributed by atoms with Gasteiger partial charge in [-0.3, -0.25) is 0 Å². The first kappa shape index (κ1) is 15.1. The lowest BCUT2D eigenvalue weighted by Crippen LogP contribution is -2.01. The van der Waals surface area contributed by atoms with Crippen LogP contribution in [0.3, 0.4) is 0 Å². The third-order valence-electron chi connectivity index (χ3n) is 3.96. The number of para-hydroxylation sites is 2. The predicted molar refractivity (Wildman–Crippen MR) is 97.1 cm³/mol. The van der Waals surface area contributed by atoms with Gasteiger partial charge in [0.2, 0.25) is 0 Å². The number of imidazole rings is 1. The Morgan fingerprint density at radius 3 is 2.60 bits per heavy atom. The second-order valence-electron chi connectivity index (χ2n) is 5.58. The van der Waals surface area contributed by atoms with E-state index in [0.29, 0.717) is 12.4 Å². The average Bonchev–Trinajstić information content (AvgIpc) is 3.07. The summed E-state index contributed by atoms with van der Waals surface area (Å²) in [6.45, 7) is 0.711. The lowest BCUT2D eigenvalue weighted by molar-refractivity contribution is 0.417. The standard InChI is InChI=1S/C19H17N5O/c1-25-16-10-6-5-9-15(16)23-18-17-19(21-12-20-18)24(13-22-17)11-14-7-3-2-4-8-14/h2-10,12-13H,11H2,1H3,(H,20,21,23). The molecule has 0 fully saturated rings. The molecule has 1 N–H and O–H groups in total. The topological polar surface area (TPSA) is 64.9 Å². The molecule has 0 saturated heterocycles. The molecular weight excluding hydrogens is 314 g/mol. The molecule has 0 aliphatic rings. The molecule has 0 unspecified atom stereocenters. The Morgan fingerprint density at radius 1 is 0.960 bits per heavy atom. The Hall–Kier alpha value is -3.41. The van der Waals surface area contributed by atoms with Gasteiger partial charge in [0.25, 0.3) is 0 Å². The molecule has 2 heterocycles. The van der Waals surface area contributed by atoms with Crippen molar-refractivity contribution in [3.8, 4) is 5.75 Å². The molecule has 0 radical (unpaired) electrons. The van der Waals surface area contributed by atoms with Gasteiger partial charge < -0.3 is 14.6 Å². The van der Waals surface area contributed by atoms with Crippen molar-refractivity contribution in [3.63, 3.8) is 0 Å². The molecule has 6 nitrogen and oxygen atoms in total. The maximum Gasteiger partial charge on any atom is 0.165 e. The Labute approximate surface area is 145 Å². The van der Waals surface area contributed by atoms with Gasteiger partial charge in [-0.15, -0.1) is 0 Å². The quantitative estimate of drug-likeness (QED) is 0.605. The summed E-state index contributed by atoms with van der Waals surface area (Å²) < 4.78 is 7.40. The van der Waals surface area contributed by atoms with E-state index in [-0.39, 0.29) is 0 Å². The first-order valence-electron chi connectivity index (χ1n) is 7.95. The van der Waals surface area contributed by atoms with Crippen LogP contribution in [0.4, 0.5) is 11.5 Å². The van der Waals surface area contributed by atoms with Crippen LogP contribution in [0.25, 0.3) is 11.2 Å². The smallest absolute Gasteiger partial charge is 0.165 e. The number of hydrogen-bond donors (Lipinski definition) is 1. The number of rotatable bonds is 5. The van der Waals surface area contributed by atoms with Crippen molar-refractivity contribution < 1.29 is 4.74 Å². The molecule has 0 atom stereocenters. The number of nitrogens with one attached hydrogen (secondary N) is 1. The number of fused-ring (bicyclic) bond motifs is 1. The van der Waals surface area contributed by atoms with Crippen LogP contribution in [-0.4, -0.2) is 26.6 Å². The van der Waals surface area contributed by atoms with Crippen molar-refractivity contribution >= 4 is 22.7 Å². The van der Waals surface area contributed by atoms with Crippen LogP contribution in [-0.2, 0) is 6.54 Å². The molecule has 0 spiro atoms. The molecule has 0 bridgehead atoms. The summed E-state index contributed by atoms with van der Waals surface area (Å²) in [6.07, 6.45) is 3.34. The number of aromatic nitrogens is 4. The highest BCUT2D eigenvalue weighted by molar-refractivity contribution is 5.85. The van der Waals surface area contributed by atoms with Crippen LogP contribution in [0, 0.1) is 0 Å². The third-order valence-corrected chi connectivity index (χ3v) is 3.96. The summed E-state index contributed by atoms with van der Waals surface area (Å²) in [7, 11) is 1.64. The van der Waals surface area contributed by atoms with Crippen molar-refractivity contribution in [1.82, 2.24) is 19.5 Å². The normalized spacial score (nSPS) is 10.8. The molecule has 0 amide bonds. The SMILES string of the molecule is COc1ccccc1Nc1ncnc2c1ncn2Cc1ccccc1. The molecule has 4 aromatic rings. The predicted octanol–water partition coefficient (Wildman–Crippen LogP) is 3.63. The molecule has 124 valence electrons. The Morgan fingerprint density at radius 2 is 1.76 bits per heavy atom. The van der Waals surface area contributed by atoms with Gasteiger partial charge in [0.1, 0.15) is 12.1 Å².